The van der Waals surface area contributed by atoms with Gasteiger partial charge in [-0.25, -0.2) is 0 Å². The van der Waals surface area contributed by atoms with Gasteiger partial charge in [0.15, 0.2) is 5.15 Å². The van der Waals surface area contributed by atoms with Crippen LogP contribution in [0.4, 0.5) is 0 Å². The summed E-state index contributed by atoms with van der Waals surface area (Å²) in [5.41, 5.74) is 1.03. The Morgan fingerprint density at radius 2 is 1.86 bits per heavy atom. The first kappa shape index (κ1) is 9.41. The molecule has 0 fully saturated rings. The Balaban J connectivity index is 2.68. The highest BCUT2D eigenvalue weighted by Crippen LogP contribution is 2.22. The summed E-state index contributed by atoms with van der Waals surface area (Å²) in [6.07, 6.45) is 2.02. The number of hydrogen-bond acceptors (Lipinski definition) is 2. The number of aromatic nitrogens is 2. The molecule has 2 aromatic rings. The molecule has 0 saturated carbocycles. The number of nitrogens with zero attached hydrogens (tertiary/aromatic N) is 2. The molecule has 0 aliphatic heterocycles. The zero-order valence-electron chi connectivity index (χ0n) is 8.00. The fourth-order valence-corrected chi connectivity index (χ4v) is 1.75. The first-order valence-electron chi connectivity index (χ1n) is 4.72. The van der Waals surface area contributed by atoms with Gasteiger partial charge in [-0.1, -0.05) is 49.2 Å². The van der Waals surface area contributed by atoms with Crippen molar-refractivity contribution >= 4 is 22.4 Å². The van der Waals surface area contributed by atoms with Crippen LogP contribution in [0.15, 0.2) is 24.3 Å². The lowest BCUT2D eigenvalue weighted by Gasteiger charge is -2.03. The smallest absolute Gasteiger partial charge is 0.153 e. The van der Waals surface area contributed by atoms with E-state index in [2.05, 4.69) is 17.1 Å². The normalized spacial score (nSPS) is 10.7. The highest BCUT2D eigenvalue weighted by Gasteiger charge is 2.05. The summed E-state index contributed by atoms with van der Waals surface area (Å²) in [5, 5.41) is 10.7. The Hall–Kier alpha value is -1.15. The van der Waals surface area contributed by atoms with Gasteiger partial charge in [0.05, 0.1) is 5.69 Å². The quantitative estimate of drug-likeness (QED) is 0.754. The second-order valence-corrected chi connectivity index (χ2v) is 3.59. The van der Waals surface area contributed by atoms with Crippen LogP contribution in [0.2, 0.25) is 5.15 Å². The van der Waals surface area contributed by atoms with Crippen molar-refractivity contribution in [2.24, 2.45) is 0 Å². The molecule has 72 valence electrons. The lowest BCUT2D eigenvalue weighted by Crippen LogP contribution is -1.94. The number of aryl methyl sites for hydroxylation is 1. The molecule has 2 nitrogen and oxygen atoms in total. The summed E-state index contributed by atoms with van der Waals surface area (Å²) >= 11 is 5.96. The van der Waals surface area contributed by atoms with Crippen LogP contribution in [-0.4, -0.2) is 10.2 Å². The van der Waals surface area contributed by atoms with E-state index in [-0.39, 0.29) is 0 Å². The van der Waals surface area contributed by atoms with Gasteiger partial charge in [0.1, 0.15) is 0 Å². The lowest BCUT2D eigenvalue weighted by atomic mass is 10.1. The van der Waals surface area contributed by atoms with E-state index in [9.17, 15) is 0 Å². The van der Waals surface area contributed by atoms with Crippen LogP contribution in [0.1, 0.15) is 19.0 Å². The van der Waals surface area contributed by atoms with Gasteiger partial charge in [-0.3, -0.25) is 0 Å². The number of benzene rings is 1. The molecule has 1 aromatic carbocycles. The van der Waals surface area contributed by atoms with Gasteiger partial charge < -0.3 is 0 Å². The molecule has 1 aromatic heterocycles. The van der Waals surface area contributed by atoms with E-state index in [0.29, 0.717) is 5.15 Å². The molecule has 0 unspecified atom stereocenters. The van der Waals surface area contributed by atoms with E-state index < -0.39 is 0 Å². The Kier molecular flexibility index (Phi) is 2.64. The monoisotopic (exact) mass is 206 g/mol. The summed E-state index contributed by atoms with van der Waals surface area (Å²) in [4.78, 5) is 0. The second kappa shape index (κ2) is 3.93. The third-order valence-corrected chi connectivity index (χ3v) is 2.48. The zero-order valence-corrected chi connectivity index (χ0v) is 8.75. The Labute approximate surface area is 87.9 Å². The van der Waals surface area contributed by atoms with Gasteiger partial charge in [-0.15, -0.1) is 5.10 Å². The molecule has 3 heteroatoms. The van der Waals surface area contributed by atoms with E-state index >= 15 is 0 Å². The molecule has 0 bridgehead atoms. The van der Waals surface area contributed by atoms with Crippen LogP contribution in [-0.2, 0) is 6.42 Å². The van der Waals surface area contributed by atoms with Crippen molar-refractivity contribution in [3.8, 4) is 0 Å². The van der Waals surface area contributed by atoms with Crippen LogP contribution < -0.4 is 0 Å². The fraction of sp³-hybridized carbons (Fsp3) is 0.273. The average molecular weight is 207 g/mol. The van der Waals surface area contributed by atoms with Gasteiger partial charge in [-0.2, -0.15) is 5.10 Å². The highest BCUT2D eigenvalue weighted by molar-refractivity contribution is 6.34. The van der Waals surface area contributed by atoms with Gasteiger partial charge >= 0.3 is 0 Å². The second-order valence-electron chi connectivity index (χ2n) is 3.23. The molecule has 0 spiro atoms. The third kappa shape index (κ3) is 1.58. The zero-order chi connectivity index (χ0) is 9.97. The van der Waals surface area contributed by atoms with Crippen molar-refractivity contribution in [2.45, 2.75) is 19.8 Å². The maximum atomic E-state index is 5.96. The summed E-state index contributed by atoms with van der Waals surface area (Å²) < 4.78 is 0. The Bertz CT molecular complexity index is 454. The van der Waals surface area contributed by atoms with E-state index in [4.69, 9.17) is 11.6 Å². The van der Waals surface area contributed by atoms with Crippen LogP contribution in [0, 0.1) is 0 Å². The maximum absolute atomic E-state index is 5.96. The van der Waals surface area contributed by atoms with E-state index in [1.54, 1.807) is 0 Å². The van der Waals surface area contributed by atoms with Crippen molar-refractivity contribution in [1.29, 1.82) is 0 Å². The van der Waals surface area contributed by atoms with Crippen LogP contribution in [0.3, 0.4) is 0 Å². The minimum absolute atomic E-state index is 0.487. The number of rotatable bonds is 2. The van der Waals surface area contributed by atoms with Crippen molar-refractivity contribution in [1.82, 2.24) is 10.2 Å². The minimum Gasteiger partial charge on any atom is -0.153 e. The summed E-state index contributed by atoms with van der Waals surface area (Å²) in [6, 6.07) is 7.98. The van der Waals surface area contributed by atoms with E-state index in [0.717, 1.165) is 29.3 Å². The summed E-state index contributed by atoms with van der Waals surface area (Å²) in [7, 11) is 0. The molecule has 2 rings (SSSR count). The number of halogens is 1. The third-order valence-electron chi connectivity index (χ3n) is 2.21. The summed E-state index contributed by atoms with van der Waals surface area (Å²) in [6.45, 7) is 2.13. The van der Waals surface area contributed by atoms with Gasteiger partial charge in [0.25, 0.3) is 0 Å². The van der Waals surface area contributed by atoms with Crippen molar-refractivity contribution in [3.63, 3.8) is 0 Å². The lowest BCUT2D eigenvalue weighted by molar-refractivity contribution is 0.852. The SMILES string of the molecule is CCCc1nnc(Cl)c2ccccc12. The van der Waals surface area contributed by atoms with Crippen LogP contribution >= 0.6 is 11.6 Å². The molecule has 0 atom stereocenters. The predicted molar refractivity (Wildman–Crippen MR) is 58.5 cm³/mol. The molecular formula is C11H11ClN2. The first-order chi connectivity index (χ1) is 6.83. The predicted octanol–water partition coefficient (Wildman–Crippen LogP) is 3.24. The van der Waals surface area contributed by atoms with Gasteiger partial charge in [-0.05, 0) is 6.42 Å². The number of fused-ring (bicyclic) bond motifs is 1. The molecule has 0 aliphatic carbocycles. The number of hydrogen-bond donors (Lipinski definition) is 0. The fourth-order valence-electron chi connectivity index (χ4n) is 1.55. The summed E-state index contributed by atoms with van der Waals surface area (Å²) in [5.74, 6) is 0. The van der Waals surface area contributed by atoms with Gasteiger partial charge in [0, 0.05) is 10.8 Å². The highest BCUT2D eigenvalue weighted by atomic mass is 35.5. The molecule has 0 radical (unpaired) electrons. The maximum Gasteiger partial charge on any atom is 0.159 e. The van der Waals surface area contributed by atoms with Gasteiger partial charge in [0.2, 0.25) is 0 Å². The Morgan fingerprint density at radius 3 is 2.57 bits per heavy atom. The average Bonchev–Trinajstić information content (AvgIpc) is 2.23. The molecule has 14 heavy (non-hydrogen) atoms. The topological polar surface area (TPSA) is 25.8 Å². The first-order valence-corrected chi connectivity index (χ1v) is 5.10. The van der Waals surface area contributed by atoms with Crippen LogP contribution in [0.25, 0.3) is 10.8 Å². The molecule has 0 amide bonds. The molecule has 0 N–H and O–H groups in total. The van der Waals surface area contributed by atoms with Crippen molar-refractivity contribution in [3.05, 3.63) is 35.1 Å². The molecule has 0 saturated heterocycles. The molecular weight excluding hydrogens is 196 g/mol. The molecule has 1 heterocycles. The standard InChI is InChI=1S/C11H11ClN2/c1-2-5-10-8-6-3-4-7-9(8)11(12)14-13-10/h3-4,6-7H,2,5H2,1H3. The minimum atomic E-state index is 0.487. The van der Waals surface area contributed by atoms with E-state index in [1.807, 2.05) is 24.3 Å². The van der Waals surface area contributed by atoms with E-state index in [1.165, 1.54) is 0 Å². The van der Waals surface area contributed by atoms with Crippen molar-refractivity contribution in [2.75, 3.05) is 0 Å². The van der Waals surface area contributed by atoms with Crippen molar-refractivity contribution < 1.29 is 0 Å². The Morgan fingerprint density at radius 1 is 1.14 bits per heavy atom. The largest absolute Gasteiger partial charge is 0.159 e. The molecule has 0 aliphatic rings. The van der Waals surface area contributed by atoms with Crippen LogP contribution in [0.5, 0.6) is 0 Å².